The van der Waals surface area contributed by atoms with E-state index in [-0.39, 0.29) is 18.1 Å². The number of anilines is 1. The normalized spacial score (nSPS) is 13.6. The molecule has 0 bridgehead atoms. The van der Waals surface area contributed by atoms with Crippen molar-refractivity contribution in [3.05, 3.63) is 48.0 Å². The molecular weight excluding hydrogens is 388 g/mol. The zero-order valence-corrected chi connectivity index (χ0v) is 17.4. The third kappa shape index (κ3) is 4.59. The first kappa shape index (κ1) is 21.3. The summed E-state index contributed by atoms with van der Waals surface area (Å²) in [6, 6.07) is 12.8. The van der Waals surface area contributed by atoms with Crippen LogP contribution in [-0.4, -0.2) is 70.9 Å². The number of rotatable bonds is 7. The highest BCUT2D eigenvalue weighted by Gasteiger charge is 2.25. The third-order valence-electron chi connectivity index (χ3n) is 5.02. The number of carbonyl (C=O) groups is 2. The summed E-state index contributed by atoms with van der Waals surface area (Å²) in [6.45, 7) is 2.06. The van der Waals surface area contributed by atoms with Crippen LogP contribution in [0.1, 0.15) is 10.4 Å². The minimum absolute atomic E-state index is 0.163. The molecule has 0 unspecified atom stereocenters. The summed E-state index contributed by atoms with van der Waals surface area (Å²) in [5.74, 6) is 0.564. The molecule has 2 aromatic carbocycles. The molecule has 1 fully saturated rings. The van der Waals surface area contributed by atoms with Gasteiger partial charge < -0.3 is 28.7 Å². The lowest BCUT2D eigenvalue weighted by Gasteiger charge is -2.36. The van der Waals surface area contributed by atoms with E-state index in [1.807, 2.05) is 24.3 Å². The van der Waals surface area contributed by atoms with Gasteiger partial charge in [0.1, 0.15) is 22.8 Å². The van der Waals surface area contributed by atoms with Crippen LogP contribution in [0.15, 0.2) is 42.5 Å². The molecule has 0 atom stereocenters. The summed E-state index contributed by atoms with van der Waals surface area (Å²) < 4.78 is 21.1. The average Bonchev–Trinajstić information content (AvgIpc) is 2.81. The Hall–Kier alpha value is -3.42. The van der Waals surface area contributed by atoms with E-state index in [9.17, 15) is 9.59 Å². The predicted octanol–water partition coefficient (Wildman–Crippen LogP) is 2.22. The summed E-state index contributed by atoms with van der Waals surface area (Å²) in [7, 11) is 4.56. The highest BCUT2D eigenvalue weighted by molar-refractivity contribution is 5.96. The number of hydrogen-bond acceptors (Lipinski definition) is 7. The van der Waals surface area contributed by atoms with Gasteiger partial charge in [0.25, 0.3) is 5.91 Å². The quantitative estimate of drug-likeness (QED) is 0.643. The monoisotopic (exact) mass is 414 g/mol. The van der Waals surface area contributed by atoms with E-state index >= 15 is 0 Å². The van der Waals surface area contributed by atoms with Gasteiger partial charge in [0.2, 0.25) is 0 Å². The van der Waals surface area contributed by atoms with Crippen LogP contribution in [0.4, 0.5) is 5.69 Å². The molecule has 0 saturated carbocycles. The lowest BCUT2D eigenvalue weighted by Crippen LogP contribution is -2.50. The van der Waals surface area contributed by atoms with Gasteiger partial charge in [-0.1, -0.05) is 18.2 Å². The second kappa shape index (κ2) is 9.87. The number of piperazine rings is 1. The molecule has 8 nitrogen and oxygen atoms in total. The Morgan fingerprint density at radius 1 is 0.800 bits per heavy atom. The van der Waals surface area contributed by atoms with E-state index in [1.165, 1.54) is 14.2 Å². The number of esters is 1. The molecule has 1 amide bonds. The fourth-order valence-electron chi connectivity index (χ4n) is 3.43. The topological polar surface area (TPSA) is 77.5 Å². The molecule has 8 heteroatoms. The van der Waals surface area contributed by atoms with Crippen LogP contribution >= 0.6 is 0 Å². The molecule has 0 N–H and O–H groups in total. The molecule has 160 valence electrons. The van der Waals surface area contributed by atoms with Gasteiger partial charge in [-0.25, -0.2) is 4.79 Å². The van der Waals surface area contributed by atoms with Crippen molar-refractivity contribution in [3.63, 3.8) is 0 Å². The molecule has 2 aromatic rings. The van der Waals surface area contributed by atoms with Crippen LogP contribution in [0.2, 0.25) is 0 Å². The number of amides is 1. The number of hydrogen-bond donors (Lipinski definition) is 0. The summed E-state index contributed by atoms with van der Waals surface area (Å²) in [6.07, 6.45) is 0. The molecule has 0 aromatic heterocycles. The first-order valence-corrected chi connectivity index (χ1v) is 9.63. The number of nitrogens with zero attached hydrogens (tertiary/aromatic N) is 2. The van der Waals surface area contributed by atoms with Gasteiger partial charge >= 0.3 is 5.97 Å². The van der Waals surface area contributed by atoms with Gasteiger partial charge in [-0.3, -0.25) is 4.79 Å². The molecule has 0 radical (unpaired) electrons. The Kier molecular flexibility index (Phi) is 7.00. The van der Waals surface area contributed by atoms with E-state index < -0.39 is 5.97 Å². The van der Waals surface area contributed by atoms with Gasteiger partial charge in [-0.2, -0.15) is 0 Å². The number of methoxy groups -OCH3 is 3. The van der Waals surface area contributed by atoms with Gasteiger partial charge in [0.15, 0.2) is 6.61 Å². The second-order valence-electron chi connectivity index (χ2n) is 6.65. The van der Waals surface area contributed by atoms with Crippen molar-refractivity contribution < 1.29 is 28.5 Å². The maximum absolute atomic E-state index is 12.6. The highest BCUT2D eigenvalue weighted by Crippen LogP contribution is 2.29. The molecular formula is C22H26N2O6. The molecule has 1 heterocycles. The molecule has 1 aliphatic rings. The van der Waals surface area contributed by atoms with Crippen molar-refractivity contribution in [1.29, 1.82) is 0 Å². The second-order valence-corrected chi connectivity index (χ2v) is 6.65. The molecule has 1 aliphatic heterocycles. The fraction of sp³-hybridized carbons (Fsp3) is 0.364. The third-order valence-corrected chi connectivity index (χ3v) is 5.02. The van der Waals surface area contributed by atoms with E-state index in [0.717, 1.165) is 11.4 Å². The smallest absolute Gasteiger partial charge is 0.346 e. The maximum Gasteiger partial charge on any atom is 0.346 e. The molecule has 30 heavy (non-hydrogen) atoms. The number of ether oxygens (including phenoxy) is 4. The highest BCUT2D eigenvalue weighted by atomic mass is 16.5. The van der Waals surface area contributed by atoms with Crippen LogP contribution < -0.4 is 19.1 Å². The van der Waals surface area contributed by atoms with Gasteiger partial charge in [0.05, 0.1) is 27.0 Å². The van der Waals surface area contributed by atoms with Crippen LogP contribution in [-0.2, 0) is 9.53 Å². The largest absolute Gasteiger partial charge is 0.496 e. The summed E-state index contributed by atoms with van der Waals surface area (Å²) in [4.78, 5) is 28.9. The summed E-state index contributed by atoms with van der Waals surface area (Å²) >= 11 is 0. The minimum atomic E-state index is -0.662. The van der Waals surface area contributed by atoms with Crippen molar-refractivity contribution in [3.8, 4) is 17.2 Å². The summed E-state index contributed by atoms with van der Waals surface area (Å²) in [5, 5.41) is 0. The molecule has 0 spiro atoms. The van der Waals surface area contributed by atoms with Crippen LogP contribution in [0.25, 0.3) is 0 Å². The van der Waals surface area contributed by atoms with Crippen LogP contribution in [0.5, 0.6) is 17.2 Å². The van der Waals surface area contributed by atoms with E-state index in [1.54, 1.807) is 30.2 Å². The van der Waals surface area contributed by atoms with Crippen molar-refractivity contribution in [2.75, 3.05) is 59.0 Å². The lowest BCUT2D eigenvalue weighted by atomic mass is 10.2. The Balaban J connectivity index is 1.56. The van der Waals surface area contributed by atoms with E-state index in [0.29, 0.717) is 37.7 Å². The van der Waals surface area contributed by atoms with E-state index in [2.05, 4.69) is 4.90 Å². The SMILES string of the molecule is COc1ccccc1N1CCN(C(=O)COC(=O)c2c(OC)cccc2OC)CC1. The number of para-hydroxylation sites is 2. The standard InChI is InChI=1S/C22H26N2O6/c1-27-17-8-5-4-7-16(17)23-11-13-24(14-12-23)20(25)15-30-22(26)21-18(28-2)9-6-10-19(21)29-3/h4-10H,11-15H2,1-3H3. The fourth-order valence-corrected chi connectivity index (χ4v) is 3.43. The van der Waals surface area contributed by atoms with Gasteiger partial charge in [-0.15, -0.1) is 0 Å². The molecule has 0 aliphatic carbocycles. The maximum atomic E-state index is 12.6. The van der Waals surface area contributed by atoms with Gasteiger partial charge in [0, 0.05) is 26.2 Å². The first-order chi connectivity index (χ1) is 14.6. The number of benzene rings is 2. The van der Waals surface area contributed by atoms with Crippen molar-refractivity contribution in [1.82, 2.24) is 4.90 Å². The van der Waals surface area contributed by atoms with Crippen LogP contribution in [0.3, 0.4) is 0 Å². The summed E-state index contributed by atoms with van der Waals surface area (Å²) in [5.41, 5.74) is 1.16. The first-order valence-electron chi connectivity index (χ1n) is 9.63. The minimum Gasteiger partial charge on any atom is -0.496 e. The lowest BCUT2D eigenvalue weighted by molar-refractivity contribution is -0.134. The Bertz CT molecular complexity index is 871. The van der Waals surface area contributed by atoms with Crippen molar-refractivity contribution in [2.45, 2.75) is 0 Å². The average molecular weight is 414 g/mol. The van der Waals surface area contributed by atoms with Crippen molar-refractivity contribution >= 4 is 17.6 Å². The molecule has 3 rings (SSSR count). The molecule has 1 saturated heterocycles. The Morgan fingerprint density at radius 2 is 1.37 bits per heavy atom. The van der Waals surface area contributed by atoms with Crippen molar-refractivity contribution in [2.24, 2.45) is 0 Å². The Morgan fingerprint density at radius 3 is 1.97 bits per heavy atom. The van der Waals surface area contributed by atoms with Gasteiger partial charge in [-0.05, 0) is 24.3 Å². The predicted molar refractivity (Wildman–Crippen MR) is 112 cm³/mol. The van der Waals surface area contributed by atoms with E-state index in [4.69, 9.17) is 18.9 Å². The zero-order valence-electron chi connectivity index (χ0n) is 17.4. The Labute approximate surface area is 175 Å². The zero-order chi connectivity index (χ0) is 21.5. The number of carbonyl (C=O) groups excluding carboxylic acids is 2. The van der Waals surface area contributed by atoms with Crippen LogP contribution in [0, 0.1) is 0 Å².